The average Bonchev–Trinajstić information content (AvgIpc) is 1.41. The highest BCUT2D eigenvalue weighted by Gasteiger charge is 1.62. The minimum absolute atomic E-state index is 0. The van der Waals surface area contributed by atoms with E-state index in [0.717, 1.165) is 13.1 Å². The number of hydrogen-bond donors (Lipinski definition) is 1. The molecule has 0 aliphatic carbocycles. The van der Waals surface area contributed by atoms with Crippen LogP contribution in [0.25, 0.3) is 0 Å². The minimum atomic E-state index is 0. The molecule has 0 aromatic heterocycles. The first kappa shape index (κ1) is 98.4. The summed E-state index contributed by atoms with van der Waals surface area (Å²) in [6.07, 6.45) is 0. The maximum absolute atomic E-state index is 3.11. The van der Waals surface area contributed by atoms with E-state index in [0.29, 0.717) is 0 Å². The lowest BCUT2D eigenvalue weighted by molar-refractivity contribution is 0.762. The second-order valence-electron chi connectivity index (χ2n) is 0.957. The van der Waals surface area contributed by atoms with Crippen molar-refractivity contribution in [2.75, 3.05) is 13.1 Å². The zero-order valence-corrected chi connectivity index (χ0v) is 7.41. The molecule has 0 aromatic rings. The zero-order valence-electron chi connectivity index (χ0n) is 7.41. The second kappa shape index (κ2) is 139. The first-order valence-corrected chi connectivity index (χ1v) is 2.12. The fraction of sp³-hybridized carbons (Fsp3) is 1.00. The molecular formula is C4H25NO7. The highest BCUT2D eigenvalue weighted by Crippen LogP contribution is 1.47. The molecule has 0 spiro atoms. The average molecular weight is 199 g/mol. The normalized spacial score (nSPS) is 3.50. The van der Waals surface area contributed by atoms with Crippen LogP contribution < -0.4 is 5.32 Å². The Morgan fingerprint density at radius 2 is 0.750 bits per heavy atom. The Bertz CT molecular complexity index is 22.9. The number of nitrogens with one attached hydrogen (secondary N) is 1. The Morgan fingerprint density at radius 3 is 0.750 bits per heavy atom. The summed E-state index contributed by atoms with van der Waals surface area (Å²) in [6.45, 7) is 6.39. The van der Waals surface area contributed by atoms with Gasteiger partial charge in [0, 0.05) is 0 Å². The third-order valence-corrected chi connectivity index (χ3v) is 0.500. The van der Waals surface area contributed by atoms with Gasteiger partial charge < -0.3 is 43.7 Å². The largest absolute Gasteiger partial charge is 0.412 e. The lowest BCUT2D eigenvalue weighted by atomic mass is 10.7. The second-order valence-corrected chi connectivity index (χ2v) is 0.957. The van der Waals surface area contributed by atoms with Crippen LogP contribution >= 0.6 is 0 Å². The lowest BCUT2D eigenvalue weighted by Crippen LogP contribution is -2.09. The van der Waals surface area contributed by atoms with Crippen molar-refractivity contribution in [3.05, 3.63) is 0 Å². The van der Waals surface area contributed by atoms with Crippen molar-refractivity contribution in [2.24, 2.45) is 0 Å². The molecule has 12 heavy (non-hydrogen) atoms. The molecule has 0 amide bonds. The van der Waals surface area contributed by atoms with Gasteiger partial charge in [0.2, 0.25) is 0 Å². The van der Waals surface area contributed by atoms with Crippen LogP contribution in [0.4, 0.5) is 0 Å². The Kier molecular flexibility index (Phi) is 1140. The Hall–Kier alpha value is -0.320. The van der Waals surface area contributed by atoms with Gasteiger partial charge in [-0.15, -0.1) is 0 Å². The van der Waals surface area contributed by atoms with Gasteiger partial charge in [0.15, 0.2) is 0 Å². The Morgan fingerprint density at radius 1 is 0.583 bits per heavy atom. The molecule has 0 radical (unpaired) electrons. The molecule has 0 aromatic carbocycles. The van der Waals surface area contributed by atoms with Gasteiger partial charge in [-0.05, 0) is 13.1 Å². The van der Waals surface area contributed by atoms with Crippen molar-refractivity contribution >= 4 is 0 Å². The lowest BCUT2D eigenvalue weighted by Gasteiger charge is -1.86. The first-order valence-electron chi connectivity index (χ1n) is 2.12. The summed E-state index contributed by atoms with van der Waals surface area (Å²) in [6, 6.07) is 0. The van der Waals surface area contributed by atoms with Crippen molar-refractivity contribution in [3.63, 3.8) is 0 Å². The SMILES string of the molecule is CCNCC.O.O.O.O.O.O.O. The molecule has 0 heterocycles. The van der Waals surface area contributed by atoms with Gasteiger partial charge in [-0.1, -0.05) is 13.8 Å². The van der Waals surface area contributed by atoms with Crippen molar-refractivity contribution in [1.29, 1.82) is 0 Å². The van der Waals surface area contributed by atoms with Crippen molar-refractivity contribution in [3.8, 4) is 0 Å². The summed E-state index contributed by atoms with van der Waals surface area (Å²) < 4.78 is 0. The monoisotopic (exact) mass is 199 g/mol. The fourth-order valence-electron chi connectivity index (χ4n) is 0.250. The fourth-order valence-corrected chi connectivity index (χ4v) is 0.250. The van der Waals surface area contributed by atoms with Crippen LogP contribution in [-0.2, 0) is 0 Å². The van der Waals surface area contributed by atoms with Crippen LogP contribution in [-0.4, -0.2) is 51.4 Å². The quantitative estimate of drug-likeness (QED) is 0.451. The van der Waals surface area contributed by atoms with E-state index in [1.54, 1.807) is 0 Å². The summed E-state index contributed by atoms with van der Waals surface area (Å²) >= 11 is 0. The van der Waals surface area contributed by atoms with Gasteiger partial charge in [0.1, 0.15) is 0 Å². The van der Waals surface area contributed by atoms with Gasteiger partial charge in [-0.3, -0.25) is 0 Å². The predicted molar refractivity (Wildman–Crippen MR) is 49.5 cm³/mol. The molecule has 0 rings (SSSR count). The van der Waals surface area contributed by atoms with Gasteiger partial charge in [-0.25, -0.2) is 0 Å². The van der Waals surface area contributed by atoms with E-state index in [1.165, 1.54) is 0 Å². The molecule has 8 nitrogen and oxygen atoms in total. The van der Waals surface area contributed by atoms with Crippen LogP contribution in [0.1, 0.15) is 13.8 Å². The summed E-state index contributed by atoms with van der Waals surface area (Å²) in [5.41, 5.74) is 0. The minimum Gasteiger partial charge on any atom is -0.412 e. The Labute approximate surface area is 71.7 Å². The van der Waals surface area contributed by atoms with Gasteiger partial charge in [0.25, 0.3) is 0 Å². The van der Waals surface area contributed by atoms with Crippen LogP contribution in [0.3, 0.4) is 0 Å². The topological polar surface area (TPSA) is 233 Å². The third kappa shape index (κ3) is 258. The smallest absolute Gasteiger partial charge is 0.00775 e. The van der Waals surface area contributed by atoms with E-state index in [4.69, 9.17) is 0 Å². The Balaban J connectivity index is -0.00000000381. The third-order valence-electron chi connectivity index (χ3n) is 0.500. The van der Waals surface area contributed by atoms with Crippen LogP contribution in [0.15, 0.2) is 0 Å². The zero-order chi connectivity index (χ0) is 4.12. The van der Waals surface area contributed by atoms with E-state index < -0.39 is 0 Å². The van der Waals surface area contributed by atoms with E-state index in [-0.39, 0.29) is 38.3 Å². The number of rotatable bonds is 2. The molecule has 0 saturated carbocycles. The summed E-state index contributed by atoms with van der Waals surface area (Å²) in [4.78, 5) is 0. The van der Waals surface area contributed by atoms with E-state index in [2.05, 4.69) is 19.2 Å². The highest BCUT2D eigenvalue weighted by molar-refractivity contribution is 4.27. The van der Waals surface area contributed by atoms with E-state index in [1.807, 2.05) is 0 Å². The van der Waals surface area contributed by atoms with Crippen molar-refractivity contribution in [1.82, 2.24) is 5.32 Å². The summed E-state index contributed by atoms with van der Waals surface area (Å²) in [5, 5.41) is 3.11. The predicted octanol–water partition coefficient (Wildman–Crippen LogP) is -5.16. The van der Waals surface area contributed by atoms with Crippen molar-refractivity contribution in [2.45, 2.75) is 13.8 Å². The molecule has 8 heteroatoms. The molecule has 0 aliphatic heterocycles. The van der Waals surface area contributed by atoms with Crippen LogP contribution in [0, 0.1) is 0 Å². The standard InChI is InChI=1S/C4H11N.7H2O/c1-3-5-4-2;;;;;;;/h5H,3-4H2,1-2H3;7*1H2. The molecule has 88 valence electrons. The molecule has 0 atom stereocenters. The van der Waals surface area contributed by atoms with Crippen LogP contribution in [0.5, 0.6) is 0 Å². The van der Waals surface area contributed by atoms with Crippen LogP contribution in [0.2, 0.25) is 0 Å². The molecular weight excluding hydrogens is 174 g/mol. The maximum Gasteiger partial charge on any atom is -0.00775 e. The van der Waals surface area contributed by atoms with Crippen molar-refractivity contribution < 1.29 is 38.3 Å². The molecule has 15 N–H and O–H groups in total. The maximum atomic E-state index is 3.11. The summed E-state index contributed by atoms with van der Waals surface area (Å²) in [7, 11) is 0. The van der Waals surface area contributed by atoms with E-state index >= 15 is 0 Å². The molecule has 0 unspecified atom stereocenters. The molecule has 0 saturated heterocycles. The van der Waals surface area contributed by atoms with Gasteiger partial charge in [-0.2, -0.15) is 0 Å². The van der Waals surface area contributed by atoms with E-state index in [9.17, 15) is 0 Å². The number of hydrogen-bond acceptors (Lipinski definition) is 1. The molecule has 0 aliphatic rings. The van der Waals surface area contributed by atoms with Gasteiger partial charge >= 0.3 is 0 Å². The van der Waals surface area contributed by atoms with Gasteiger partial charge in [0.05, 0.1) is 0 Å². The first-order chi connectivity index (χ1) is 2.41. The summed E-state index contributed by atoms with van der Waals surface area (Å²) in [5.74, 6) is 0. The molecule has 0 bridgehead atoms. The molecule has 0 fully saturated rings. The highest BCUT2D eigenvalue weighted by atomic mass is 16.0.